The second-order valence-electron chi connectivity index (χ2n) is 4.52. The first-order valence-corrected chi connectivity index (χ1v) is 5.76. The molecule has 1 aliphatic carbocycles. The highest BCUT2D eigenvalue weighted by Crippen LogP contribution is 2.42. The van der Waals surface area contributed by atoms with E-state index in [0.29, 0.717) is 5.92 Å². The topological polar surface area (TPSA) is 50.9 Å². The Morgan fingerprint density at radius 3 is 3.00 bits per heavy atom. The average molecular weight is 209 g/mol. The zero-order valence-corrected chi connectivity index (χ0v) is 9.48. The molecule has 1 heterocycles. The maximum Gasteiger partial charge on any atom is 0.111 e. The smallest absolute Gasteiger partial charge is 0.111 e. The molecule has 1 aromatic rings. The molecule has 1 N–H and O–H groups in total. The Morgan fingerprint density at radius 1 is 1.60 bits per heavy atom. The second-order valence-corrected chi connectivity index (χ2v) is 4.52. The highest BCUT2D eigenvalue weighted by atomic mass is 16.3. The van der Waals surface area contributed by atoms with Gasteiger partial charge in [0.25, 0.3) is 0 Å². The van der Waals surface area contributed by atoms with Crippen LogP contribution in [-0.2, 0) is 12.6 Å². The molecule has 0 amide bonds. The van der Waals surface area contributed by atoms with Crippen LogP contribution in [-0.4, -0.2) is 20.1 Å². The molecule has 0 saturated heterocycles. The first-order valence-electron chi connectivity index (χ1n) is 5.76. The molecule has 1 aliphatic rings. The van der Waals surface area contributed by atoms with Crippen molar-refractivity contribution >= 4 is 0 Å². The van der Waals surface area contributed by atoms with Crippen molar-refractivity contribution in [2.75, 3.05) is 0 Å². The third-order valence-corrected chi connectivity index (χ3v) is 3.69. The van der Waals surface area contributed by atoms with E-state index in [0.717, 1.165) is 31.4 Å². The molecule has 0 aromatic carbocycles. The van der Waals surface area contributed by atoms with Crippen molar-refractivity contribution in [1.82, 2.24) is 15.0 Å². The Labute approximate surface area is 90.3 Å². The minimum Gasteiger partial charge on any atom is -0.383 e. The van der Waals surface area contributed by atoms with Gasteiger partial charge in [0.15, 0.2) is 0 Å². The van der Waals surface area contributed by atoms with E-state index >= 15 is 0 Å². The molecule has 2 atom stereocenters. The van der Waals surface area contributed by atoms with E-state index in [9.17, 15) is 5.11 Å². The molecule has 2 unspecified atom stereocenters. The summed E-state index contributed by atoms with van der Waals surface area (Å²) in [4.78, 5) is 0. The van der Waals surface area contributed by atoms with Crippen molar-refractivity contribution in [3.05, 3.63) is 11.9 Å². The Balaban J connectivity index is 2.34. The maximum absolute atomic E-state index is 10.8. The largest absolute Gasteiger partial charge is 0.383 e. The molecule has 1 fully saturated rings. The summed E-state index contributed by atoms with van der Waals surface area (Å²) in [5.41, 5.74) is 0.166. The van der Waals surface area contributed by atoms with Crippen LogP contribution in [0, 0.1) is 5.92 Å². The lowest BCUT2D eigenvalue weighted by Gasteiger charge is -2.39. The Hall–Kier alpha value is -0.900. The summed E-state index contributed by atoms with van der Waals surface area (Å²) in [6.07, 6.45) is 6.99. The van der Waals surface area contributed by atoms with Gasteiger partial charge in [0.2, 0.25) is 0 Å². The molecule has 4 nitrogen and oxygen atoms in total. The predicted molar refractivity (Wildman–Crippen MR) is 57.1 cm³/mol. The standard InChI is InChI=1S/C11H19N3O/c1-3-9-6-4-5-7-11(9,15)10-8-12-13-14(10)2/h8-9,15H,3-7H2,1-2H3. The van der Waals surface area contributed by atoms with Crippen LogP contribution in [0.25, 0.3) is 0 Å². The monoisotopic (exact) mass is 209 g/mol. The molecule has 1 aromatic heterocycles. The van der Waals surface area contributed by atoms with Gasteiger partial charge in [0.05, 0.1) is 11.9 Å². The molecule has 1 saturated carbocycles. The first kappa shape index (κ1) is 10.6. The van der Waals surface area contributed by atoms with Crippen LogP contribution in [0.4, 0.5) is 0 Å². The third-order valence-electron chi connectivity index (χ3n) is 3.69. The fourth-order valence-corrected chi connectivity index (χ4v) is 2.79. The molecule has 15 heavy (non-hydrogen) atoms. The van der Waals surface area contributed by atoms with Crippen molar-refractivity contribution < 1.29 is 5.11 Å². The summed E-state index contributed by atoms with van der Waals surface area (Å²) >= 11 is 0. The van der Waals surface area contributed by atoms with Crippen LogP contribution in [0.3, 0.4) is 0 Å². The van der Waals surface area contributed by atoms with Gasteiger partial charge in [-0.2, -0.15) is 0 Å². The number of hydrogen-bond acceptors (Lipinski definition) is 3. The van der Waals surface area contributed by atoms with E-state index in [1.807, 2.05) is 7.05 Å². The van der Waals surface area contributed by atoms with Crippen LogP contribution in [0.15, 0.2) is 6.20 Å². The van der Waals surface area contributed by atoms with Gasteiger partial charge in [-0.15, -0.1) is 5.10 Å². The van der Waals surface area contributed by atoms with Gasteiger partial charge >= 0.3 is 0 Å². The van der Waals surface area contributed by atoms with Gasteiger partial charge in [-0.05, 0) is 18.8 Å². The Bertz CT molecular complexity index is 336. The highest BCUT2D eigenvalue weighted by molar-refractivity contribution is 5.11. The lowest BCUT2D eigenvalue weighted by Crippen LogP contribution is -2.39. The third kappa shape index (κ3) is 1.67. The molecular formula is C11H19N3O. The zero-order chi connectivity index (χ0) is 10.9. The SMILES string of the molecule is CCC1CCCCC1(O)c1cnnn1C. The van der Waals surface area contributed by atoms with Crippen molar-refractivity contribution in [2.24, 2.45) is 13.0 Å². The number of rotatable bonds is 2. The number of hydrogen-bond donors (Lipinski definition) is 1. The van der Waals surface area contributed by atoms with E-state index in [1.165, 1.54) is 6.42 Å². The quantitative estimate of drug-likeness (QED) is 0.805. The van der Waals surface area contributed by atoms with Gasteiger partial charge in [-0.25, -0.2) is 4.68 Å². The van der Waals surface area contributed by atoms with Gasteiger partial charge in [0, 0.05) is 7.05 Å². The van der Waals surface area contributed by atoms with Crippen LogP contribution < -0.4 is 0 Å². The van der Waals surface area contributed by atoms with Crippen molar-refractivity contribution in [3.63, 3.8) is 0 Å². The van der Waals surface area contributed by atoms with E-state index < -0.39 is 5.60 Å². The molecular weight excluding hydrogens is 190 g/mol. The van der Waals surface area contributed by atoms with Crippen LogP contribution in [0.2, 0.25) is 0 Å². The first-order chi connectivity index (χ1) is 7.18. The number of nitrogens with zero attached hydrogens (tertiary/aromatic N) is 3. The lowest BCUT2D eigenvalue weighted by molar-refractivity contribution is -0.0620. The van der Waals surface area contributed by atoms with Crippen molar-refractivity contribution in [2.45, 2.75) is 44.6 Å². The summed E-state index contributed by atoms with van der Waals surface area (Å²) in [6, 6.07) is 0. The molecule has 4 heteroatoms. The van der Waals surface area contributed by atoms with E-state index in [1.54, 1.807) is 10.9 Å². The summed E-state index contributed by atoms with van der Waals surface area (Å²) in [6.45, 7) is 2.14. The van der Waals surface area contributed by atoms with E-state index in [4.69, 9.17) is 0 Å². The van der Waals surface area contributed by atoms with Gasteiger partial charge in [-0.1, -0.05) is 31.4 Å². The zero-order valence-electron chi connectivity index (χ0n) is 9.48. The number of aryl methyl sites for hydroxylation is 1. The van der Waals surface area contributed by atoms with Gasteiger partial charge in [-0.3, -0.25) is 0 Å². The van der Waals surface area contributed by atoms with Crippen LogP contribution in [0.5, 0.6) is 0 Å². The molecule has 0 spiro atoms. The Morgan fingerprint density at radius 2 is 2.40 bits per heavy atom. The van der Waals surface area contributed by atoms with E-state index in [2.05, 4.69) is 17.2 Å². The average Bonchev–Trinajstić information content (AvgIpc) is 2.66. The van der Waals surface area contributed by atoms with Crippen molar-refractivity contribution in [1.29, 1.82) is 0 Å². The number of aromatic nitrogens is 3. The minimum absolute atomic E-state index is 0.350. The summed E-state index contributed by atoms with van der Waals surface area (Å²) < 4.78 is 1.70. The predicted octanol–water partition coefficient (Wildman–Crippen LogP) is 1.60. The highest BCUT2D eigenvalue weighted by Gasteiger charge is 2.41. The fraction of sp³-hybridized carbons (Fsp3) is 0.818. The lowest BCUT2D eigenvalue weighted by atomic mass is 9.72. The van der Waals surface area contributed by atoms with E-state index in [-0.39, 0.29) is 0 Å². The van der Waals surface area contributed by atoms with Crippen LogP contribution in [0.1, 0.15) is 44.7 Å². The maximum atomic E-state index is 10.8. The van der Waals surface area contributed by atoms with Gasteiger partial charge < -0.3 is 5.11 Å². The minimum atomic E-state index is -0.703. The number of aliphatic hydroxyl groups is 1. The molecule has 2 rings (SSSR count). The molecule has 0 aliphatic heterocycles. The summed E-state index contributed by atoms with van der Waals surface area (Å²) in [5, 5.41) is 18.5. The fourth-order valence-electron chi connectivity index (χ4n) is 2.79. The molecule has 0 radical (unpaired) electrons. The van der Waals surface area contributed by atoms with Crippen LogP contribution >= 0.6 is 0 Å². The second kappa shape index (κ2) is 3.93. The molecule has 84 valence electrons. The summed E-state index contributed by atoms with van der Waals surface area (Å²) in [5.74, 6) is 0.350. The molecule has 0 bridgehead atoms. The summed E-state index contributed by atoms with van der Waals surface area (Å²) in [7, 11) is 1.85. The van der Waals surface area contributed by atoms with Gasteiger partial charge in [0.1, 0.15) is 5.60 Å². The Kier molecular flexibility index (Phi) is 2.78. The normalized spacial score (nSPS) is 31.8. The van der Waals surface area contributed by atoms with Crippen molar-refractivity contribution in [3.8, 4) is 0 Å².